The average molecular weight is 316 g/mol. The van der Waals surface area contributed by atoms with E-state index >= 15 is 0 Å². The zero-order chi connectivity index (χ0) is 16.3. The number of hydrogen-bond donors (Lipinski definition) is 2. The Kier molecular flexibility index (Phi) is 4.98. The first-order valence-electron chi connectivity index (χ1n) is 7.19. The van der Waals surface area contributed by atoms with Crippen LogP contribution in [-0.4, -0.2) is 11.8 Å². The number of amides is 2. The van der Waals surface area contributed by atoms with Crippen LogP contribution in [0.15, 0.2) is 23.6 Å². The summed E-state index contributed by atoms with van der Waals surface area (Å²) >= 11 is 1.57. The molecule has 5 heteroatoms. The normalized spacial score (nSPS) is 10.4. The SMILES string of the molecule is CCc1ccc(NC(C)=O)cc1NC(=O)c1csc(C)c1C. The molecular weight excluding hydrogens is 296 g/mol. The molecule has 0 aliphatic heterocycles. The van der Waals surface area contributed by atoms with Gasteiger partial charge in [-0.05, 0) is 43.5 Å². The zero-order valence-corrected chi connectivity index (χ0v) is 14.1. The van der Waals surface area contributed by atoms with Crippen molar-refractivity contribution in [2.24, 2.45) is 0 Å². The van der Waals surface area contributed by atoms with Crippen molar-refractivity contribution >= 4 is 34.5 Å². The van der Waals surface area contributed by atoms with Crippen molar-refractivity contribution in [3.63, 3.8) is 0 Å². The van der Waals surface area contributed by atoms with Crippen LogP contribution in [0.1, 0.15) is 40.2 Å². The lowest BCUT2D eigenvalue weighted by molar-refractivity contribution is -0.114. The second-order valence-electron chi connectivity index (χ2n) is 5.19. The highest BCUT2D eigenvalue weighted by atomic mass is 32.1. The molecule has 0 unspecified atom stereocenters. The Morgan fingerprint density at radius 3 is 2.45 bits per heavy atom. The van der Waals surface area contributed by atoms with E-state index in [2.05, 4.69) is 10.6 Å². The van der Waals surface area contributed by atoms with E-state index in [-0.39, 0.29) is 11.8 Å². The summed E-state index contributed by atoms with van der Waals surface area (Å²) < 4.78 is 0. The zero-order valence-electron chi connectivity index (χ0n) is 13.2. The lowest BCUT2D eigenvalue weighted by Gasteiger charge is -2.12. The van der Waals surface area contributed by atoms with Crippen LogP contribution >= 0.6 is 11.3 Å². The molecule has 2 amide bonds. The van der Waals surface area contributed by atoms with Crippen molar-refractivity contribution in [3.8, 4) is 0 Å². The second kappa shape index (κ2) is 6.75. The lowest BCUT2D eigenvalue weighted by Crippen LogP contribution is -2.14. The van der Waals surface area contributed by atoms with Crippen LogP contribution in [-0.2, 0) is 11.2 Å². The molecule has 0 bridgehead atoms. The smallest absolute Gasteiger partial charge is 0.256 e. The number of aryl methyl sites for hydroxylation is 2. The summed E-state index contributed by atoms with van der Waals surface area (Å²) in [7, 11) is 0. The maximum absolute atomic E-state index is 12.5. The van der Waals surface area contributed by atoms with Gasteiger partial charge in [-0.15, -0.1) is 11.3 Å². The van der Waals surface area contributed by atoms with Crippen molar-refractivity contribution in [2.75, 3.05) is 10.6 Å². The van der Waals surface area contributed by atoms with Gasteiger partial charge in [0.15, 0.2) is 0 Å². The van der Waals surface area contributed by atoms with Gasteiger partial charge in [0.05, 0.1) is 5.56 Å². The van der Waals surface area contributed by atoms with Crippen molar-refractivity contribution < 1.29 is 9.59 Å². The Morgan fingerprint density at radius 2 is 1.91 bits per heavy atom. The van der Waals surface area contributed by atoms with Crippen molar-refractivity contribution in [1.82, 2.24) is 0 Å². The Hall–Kier alpha value is -2.14. The molecule has 0 saturated heterocycles. The molecule has 0 aliphatic rings. The van der Waals surface area contributed by atoms with Crippen LogP contribution in [0.2, 0.25) is 0 Å². The molecule has 1 aromatic carbocycles. The van der Waals surface area contributed by atoms with Gasteiger partial charge in [-0.2, -0.15) is 0 Å². The largest absolute Gasteiger partial charge is 0.326 e. The highest BCUT2D eigenvalue weighted by molar-refractivity contribution is 7.10. The summed E-state index contributed by atoms with van der Waals surface area (Å²) in [4.78, 5) is 24.8. The predicted molar refractivity (Wildman–Crippen MR) is 91.9 cm³/mol. The van der Waals surface area contributed by atoms with Crippen LogP contribution in [0.25, 0.3) is 0 Å². The minimum Gasteiger partial charge on any atom is -0.326 e. The van der Waals surface area contributed by atoms with E-state index in [0.29, 0.717) is 11.3 Å². The molecule has 0 radical (unpaired) electrons. The van der Waals surface area contributed by atoms with Gasteiger partial charge in [-0.1, -0.05) is 13.0 Å². The Bertz CT molecular complexity index is 719. The van der Waals surface area contributed by atoms with Crippen molar-refractivity contribution in [1.29, 1.82) is 0 Å². The first-order chi connectivity index (χ1) is 10.4. The van der Waals surface area contributed by atoms with Crippen LogP contribution in [0.5, 0.6) is 0 Å². The van der Waals surface area contributed by atoms with Gasteiger partial charge in [0, 0.05) is 28.6 Å². The lowest BCUT2D eigenvalue weighted by atomic mass is 10.1. The molecule has 0 atom stereocenters. The fourth-order valence-corrected chi connectivity index (χ4v) is 3.07. The number of carbonyl (C=O) groups excluding carboxylic acids is 2. The fraction of sp³-hybridized carbons (Fsp3) is 0.294. The summed E-state index contributed by atoms with van der Waals surface area (Å²) in [5.74, 6) is -0.248. The van der Waals surface area contributed by atoms with E-state index in [1.807, 2.05) is 38.3 Å². The number of nitrogens with one attached hydrogen (secondary N) is 2. The summed E-state index contributed by atoms with van der Waals surface area (Å²) in [6.07, 6.45) is 0.803. The van der Waals surface area contributed by atoms with Gasteiger partial charge in [0.1, 0.15) is 0 Å². The molecule has 2 N–H and O–H groups in total. The summed E-state index contributed by atoms with van der Waals surface area (Å²) in [5.41, 5.74) is 4.17. The number of carbonyl (C=O) groups is 2. The average Bonchev–Trinajstić information content (AvgIpc) is 2.79. The molecule has 116 valence electrons. The van der Waals surface area contributed by atoms with E-state index < -0.39 is 0 Å². The minimum atomic E-state index is -0.133. The van der Waals surface area contributed by atoms with Gasteiger partial charge >= 0.3 is 0 Å². The van der Waals surface area contributed by atoms with Crippen molar-refractivity contribution in [2.45, 2.75) is 34.1 Å². The number of thiophene rings is 1. The van der Waals surface area contributed by atoms with Crippen LogP contribution < -0.4 is 10.6 Å². The summed E-state index contributed by atoms with van der Waals surface area (Å²) in [6, 6.07) is 5.56. The summed E-state index contributed by atoms with van der Waals surface area (Å²) in [6.45, 7) is 7.45. The molecule has 0 saturated carbocycles. The first-order valence-corrected chi connectivity index (χ1v) is 8.07. The van der Waals surface area contributed by atoms with Gasteiger partial charge in [0.2, 0.25) is 5.91 Å². The van der Waals surface area contributed by atoms with E-state index in [1.54, 1.807) is 17.4 Å². The standard InChI is InChI=1S/C17H20N2O2S/c1-5-13-6-7-14(18-12(4)20)8-16(13)19-17(21)15-9-22-11(3)10(15)2/h6-9H,5H2,1-4H3,(H,18,20)(H,19,21). The van der Waals surface area contributed by atoms with E-state index in [0.717, 1.165) is 28.1 Å². The van der Waals surface area contributed by atoms with Crippen LogP contribution in [0.3, 0.4) is 0 Å². The van der Waals surface area contributed by atoms with Gasteiger partial charge < -0.3 is 10.6 Å². The molecule has 2 aromatic rings. The summed E-state index contributed by atoms with van der Waals surface area (Å²) in [5, 5.41) is 7.58. The monoisotopic (exact) mass is 316 g/mol. The Morgan fingerprint density at radius 1 is 1.18 bits per heavy atom. The molecule has 2 rings (SSSR count). The molecule has 1 heterocycles. The number of anilines is 2. The van der Waals surface area contributed by atoms with Gasteiger partial charge in [-0.25, -0.2) is 0 Å². The van der Waals surface area contributed by atoms with E-state index in [4.69, 9.17) is 0 Å². The molecule has 0 aliphatic carbocycles. The molecule has 1 aromatic heterocycles. The molecule has 0 fully saturated rings. The third-order valence-electron chi connectivity index (χ3n) is 3.59. The van der Waals surface area contributed by atoms with Gasteiger partial charge in [-0.3, -0.25) is 9.59 Å². The topological polar surface area (TPSA) is 58.2 Å². The van der Waals surface area contributed by atoms with Gasteiger partial charge in [0.25, 0.3) is 5.91 Å². The number of benzene rings is 1. The third-order valence-corrected chi connectivity index (χ3v) is 4.60. The molecular formula is C17H20N2O2S. The van der Waals surface area contributed by atoms with E-state index in [9.17, 15) is 9.59 Å². The van der Waals surface area contributed by atoms with E-state index in [1.165, 1.54) is 6.92 Å². The maximum atomic E-state index is 12.5. The second-order valence-corrected chi connectivity index (χ2v) is 6.28. The molecule has 22 heavy (non-hydrogen) atoms. The predicted octanol–water partition coefficient (Wildman–Crippen LogP) is 4.14. The molecule has 4 nitrogen and oxygen atoms in total. The Balaban J connectivity index is 2.28. The third kappa shape index (κ3) is 3.54. The minimum absolute atomic E-state index is 0.114. The Labute approximate surface area is 134 Å². The maximum Gasteiger partial charge on any atom is 0.256 e. The highest BCUT2D eigenvalue weighted by Crippen LogP contribution is 2.25. The number of hydrogen-bond acceptors (Lipinski definition) is 3. The van der Waals surface area contributed by atoms with Crippen LogP contribution in [0.4, 0.5) is 11.4 Å². The number of rotatable bonds is 4. The van der Waals surface area contributed by atoms with Crippen LogP contribution in [0, 0.1) is 13.8 Å². The molecule has 0 spiro atoms. The van der Waals surface area contributed by atoms with Crippen molar-refractivity contribution in [3.05, 3.63) is 45.1 Å². The highest BCUT2D eigenvalue weighted by Gasteiger charge is 2.14. The quantitative estimate of drug-likeness (QED) is 0.890. The first kappa shape index (κ1) is 16.2. The fourth-order valence-electron chi connectivity index (χ4n) is 2.21.